The molecule has 0 aliphatic rings. The number of anilines is 1. The summed E-state index contributed by atoms with van der Waals surface area (Å²) >= 11 is 6.00. The highest BCUT2D eigenvalue weighted by Gasteiger charge is 2.17. The lowest BCUT2D eigenvalue weighted by Gasteiger charge is -2.10. The van der Waals surface area contributed by atoms with E-state index in [2.05, 4.69) is 15.8 Å². The highest BCUT2D eigenvalue weighted by atomic mass is 35.5. The first-order chi connectivity index (χ1) is 12.3. The van der Waals surface area contributed by atoms with Crippen LogP contribution in [-0.2, 0) is 19.1 Å². The Kier molecular flexibility index (Phi) is 8.78. The maximum atomic E-state index is 12.0. The van der Waals surface area contributed by atoms with Crippen molar-refractivity contribution in [1.29, 1.82) is 0 Å². The molecule has 0 saturated carbocycles. The standard InChI is InChI=1S/C18H24ClN3O4/c1-5-26-18(25)11(2)13(4)21-22-17(24)10-9-16(23)20-15-8-6-7-14(19)12(15)3/h6-8,11H,5,9-10H2,1-4H3,(H,20,23)(H,22,24)/b21-13-/t11-/m0/s1. The second kappa shape index (κ2) is 10.6. The van der Waals surface area contributed by atoms with Gasteiger partial charge in [0.25, 0.3) is 0 Å². The van der Waals surface area contributed by atoms with Crippen molar-refractivity contribution >= 4 is 40.8 Å². The number of hydrazone groups is 1. The molecule has 0 radical (unpaired) electrons. The molecule has 1 aromatic rings. The second-order valence-electron chi connectivity index (χ2n) is 5.72. The SMILES string of the molecule is CCOC(=O)[C@@H](C)/C(C)=N\NC(=O)CCC(=O)Nc1cccc(Cl)c1C. The Morgan fingerprint density at radius 2 is 1.88 bits per heavy atom. The number of nitrogens with one attached hydrogen (secondary N) is 2. The minimum Gasteiger partial charge on any atom is -0.465 e. The molecule has 0 saturated heterocycles. The molecule has 8 heteroatoms. The normalized spacial score (nSPS) is 12.3. The number of carbonyl (C=O) groups excluding carboxylic acids is 3. The third-order valence-electron chi connectivity index (χ3n) is 3.74. The monoisotopic (exact) mass is 381 g/mol. The predicted octanol–water partition coefficient (Wildman–Crippen LogP) is 3.06. The zero-order valence-electron chi connectivity index (χ0n) is 15.4. The van der Waals surface area contributed by atoms with Crippen LogP contribution in [0.15, 0.2) is 23.3 Å². The molecular weight excluding hydrogens is 358 g/mol. The first kappa shape index (κ1) is 21.6. The van der Waals surface area contributed by atoms with Gasteiger partial charge in [-0.15, -0.1) is 0 Å². The van der Waals surface area contributed by atoms with Crippen LogP contribution in [0.2, 0.25) is 5.02 Å². The fourth-order valence-electron chi connectivity index (χ4n) is 1.92. The van der Waals surface area contributed by atoms with Crippen molar-refractivity contribution in [2.45, 2.75) is 40.5 Å². The Bertz CT molecular complexity index is 704. The van der Waals surface area contributed by atoms with Gasteiger partial charge in [-0.05, 0) is 45.4 Å². The number of amides is 2. The summed E-state index contributed by atoms with van der Waals surface area (Å²) in [5.74, 6) is -1.67. The van der Waals surface area contributed by atoms with Gasteiger partial charge in [-0.3, -0.25) is 14.4 Å². The van der Waals surface area contributed by atoms with E-state index in [0.29, 0.717) is 16.4 Å². The Morgan fingerprint density at radius 3 is 2.54 bits per heavy atom. The van der Waals surface area contributed by atoms with Gasteiger partial charge in [0.1, 0.15) is 0 Å². The lowest BCUT2D eigenvalue weighted by Crippen LogP contribution is -2.26. The summed E-state index contributed by atoms with van der Waals surface area (Å²) in [5.41, 5.74) is 4.14. The van der Waals surface area contributed by atoms with E-state index in [-0.39, 0.29) is 25.4 Å². The number of hydrogen-bond acceptors (Lipinski definition) is 5. The third-order valence-corrected chi connectivity index (χ3v) is 4.15. The van der Waals surface area contributed by atoms with Crippen LogP contribution >= 0.6 is 11.6 Å². The lowest BCUT2D eigenvalue weighted by atomic mass is 10.1. The van der Waals surface area contributed by atoms with Gasteiger partial charge in [-0.25, -0.2) is 5.43 Å². The fourth-order valence-corrected chi connectivity index (χ4v) is 2.10. The molecule has 0 unspecified atom stereocenters. The van der Waals surface area contributed by atoms with E-state index in [0.717, 1.165) is 5.56 Å². The van der Waals surface area contributed by atoms with Crippen LogP contribution in [0.4, 0.5) is 5.69 Å². The molecule has 0 bridgehead atoms. The molecule has 0 aliphatic heterocycles. The van der Waals surface area contributed by atoms with Crippen LogP contribution in [-0.4, -0.2) is 30.1 Å². The third kappa shape index (κ3) is 6.84. The van der Waals surface area contributed by atoms with Gasteiger partial charge in [0.2, 0.25) is 11.8 Å². The average Bonchev–Trinajstić information content (AvgIpc) is 2.61. The molecule has 0 aromatic heterocycles. The van der Waals surface area contributed by atoms with E-state index in [1.807, 2.05) is 0 Å². The average molecular weight is 382 g/mol. The first-order valence-corrected chi connectivity index (χ1v) is 8.68. The molecule has 0 aliphatic carbocycles. The molecule has 1 aromatic carbocycles. The summed E-state index contributed by atoms with van der Waals surface area (Å²) in [6.07, 6.45) is -0.0319. The maximum absolute atomic E-state index is 12.0. The first-order valence-electron chi connectivity index (χ1n) is 8.30. The number of benzene rings is 1. The van der Waals surface area contributed by atoms with Crippen LogP contribution in [0.1, 0.15) is 39.2 Å². The van der Waals surface area contributed by atoms with Gasteiger partial charge in [0, 0.05) is 29.3 Å². The van der Waals surface area contributed by atoms with E-state index in [1.165, 1.54) is 0 Å². The van der Waals surface area contributed by atoms with Crippen molar-refractivity contribution in [2.75, 3.05) is 11.9 Å². The van der Waals surface area contributed by atoms with Gasteiger partial charge < -0.3 is 10.1 Å². The van der Waals surface area contributed by atoms with E-state index < -0.39 is 17.8 Å². The van der Waals surface area contributed by atoms with E-state index >= 15 is 0 Å². The van der Waals surface area contributed by atoms with Crippen LogP contribution in [0.3, 0.4) is 0 Å². The molecule has 1 rings (SSSR count). The summed E-state index contributed by atoms with van der Waals surface area (Å²) < 4.78 is 4.89. The van der Waals surface area contributed by atoms with Crippen molar-refractivity contribution in [3.8, 4) is 0 Å². The Hall–Kier alpha value is -2.41. The molecule has 0 heterocycles. The van der Waals surface area contributed by atoms with Gasteiger partial charge in [0.15, 0.2) is 0 Å². The van der Waals surface area contributed by atoms with E-state index in [1.54, 1.807) is 45.9 Å². The highest BCUT2D eigenvalue weighted by Crippen LogP contribution is 2.23. The molecule has 26 heavy (non-hydrogen) atoms. The number of halogens is 1. The number of rotatable bonds is 8. The van der Waals surface area contributed by atoms with E-state index in [4.69, 9.17) is 16.3 Å². The summed E-state index contributed by atoms with van der Waals surface area (Å²) in [5, 5.41) is 7.16. The number of carbonyl (C=O) groups is 3. The zero-order chi connectivity index (χ0) is 19.7. The quantitative estimate of drug-likeness (QED) is 0.411. The summed E-state index contributed by atoms with van der Waals surface area (Å²) in [6, 6.07) is 5.21. The number of ether oxygens (including phenoxy) is 1. The Labute approximate surface area is 158 Å². The lowest BCUT2D eigenvalue weighted by molar-refractivity contribution is -0.145. The van der Waals surface area contributed by atoms with Crippen molar-refractivity contribution < 1.29 is 19.1 Å². The van der Waals surface area contributed by atoms with Crippen molar-refractivity contribution in [2.24, 2.45) is 11.0 Å². The molecule has 142 valence electrons. The second-order valence-corrected chi connectivity index (χ2v) is 6.13. The summed E-state index contributed by atoms with van der Waals surface area (Å²) in [4.78, 5) is 35.4. The summed E-state index contributed by atoms with van der Waals surface area (Å²) in [6.45, 7) is 7.06. The minimum atomic E-state index is -0.552. The van der Waals surface area contributed by atoms with Crippen LogP contribution < -0.4 is 10.7 Å². The Morgan fingerprint density at radius 1 is 1.23 bits per heavy atom. The van der Waals surface area contributed by atoms with Gasteiger partial charge in [-0.2, -0.15) is 5.10 Å². The largest absolute Gasteiger partial charge is 0.465 e. The highest BCUT2D eigenvalue weighted by molar-refractivity contribution is 6.31. The topological polar surface area (TPSA) is 96.9 Å². The number of esters is 1. The molecule has 7 nitrogen and oxygen atoms in total. The number of hydrogen-bond donors (Lipinski definition) is 2. The van der Waals surface area contributed by atoms with Crippen LogP contribution in [0, 0.1) is 12.8 Å². The Balaban J connectivity index is 2.46. The molecule has 0 fully saturated rings. The van der Waals surface area contributed by atoms with Crippen molar-refractivity contribution in [1.82, 2.24) is 5.43 Å². The van der Waals surface area contributed by atoms with Gasteiger partial charge in [-0.1, -0.05) is 17.7 Å². The molecule has 0 spiro atoms. The molecule has 1 atom stereocenters. The van der Waals surface area contributed by atoms with Crippen LogP contribution in [0.25, 0.3) is 0 Å². The zero-order valence-corrected chi connectivity index (χ0v) is 16.1. The predicted molar refractivity (Wildman–Crippen MR) is 101 cm³/mol. The summed E-state index contributed by atoms with van der Waals surface area (Å²) in [7, 11) is 0. The van der Waals surface area contributed by atoms with Crippen molar-refractivity contribution in [3.05, 3.63) is 28.8 Å². The van der Waals surface area contributed by atoms with Crippen LogP contribution in [0.5, 0.6) is 0 Å². The van der Waals surface area contributed by atoms with Gasteiger partial charge >= 0.3 is 5.97 Å². The van der Waals surface area contributed by atoms with Crippen molar-refractivity contribution in [3.63, 3.8) is 0 Å². The molecule has 2 N–H and O–H groups in total. The van der Waals surface area contributed by atoms with E-state index in [9.17, 15) is 14.4 Å². The molecule has 2 amide bonds. The minimum absolute atomic E-state index is 0.000214. The van der Waals surface area contributed by atoms with Gasteiger partial charge in [0.05, 0.1) is 12.5 Å². The number of nitrogens with zero attached hydrogens (tertiary/aromatic N) is 1. The smallest absolute Gasteiger partial charge is 0.314 e. The maximum Gasteiger partial charge on any atom is 0.314 e. The fraction of sp³-hybridized carbons (Fsp3) is 0.444. The molecular formula is C18H24ClN3O4.